The summed E-state index contributed by atoms with van der Waals surface area (Å²) in [5, 5.41) is 9.67. The van der Waals surface area contributed by atoms with Gasteiger partial charge in [-0.2, -0.15) is 0 Å². The second-order valence-corrected chi connectivity index (χ2v) is 7.87. The number of nitrogens with zero attached hydrogens (tertiary/aromatic N) is 1. The lowest BCUT2D eigenvalue weighted by Crippen LogP contribution is -2.48. The van der Waals surface area contributed by atoms with Gasteiger partial charge in [0.05, 0.1) is 12.6 Å². The molecule has 1 N–H and O–H groups in total. The molecular weight excluding hydrogens is 306 g/mol. The molecule has 0 radical (unpaired) electrons. The van der Waals surface area contributed by atoms with Crippen molar-refractivity contribution in [3.05, 3.63) is 23.8 Å². The van der Waals surface area contributed by atoms with Crippen LogP contribution in [0, 0.1) is 11.3 Å². The molecule has 0 bridgehead atoms. The van der Waals surface area contributed by atoms with Gasteiger partial charge in [-0.3, -0.25) is 4.79 Å². The Bertz CT molecular complexity index is 622. The van der Waals surface area contributed by atoms with E-state index in [4.69, 9.17) is 9.47 Å². The van der Waals surface area contributed by atoms with Gasteiger partial charge in [-0.1, -0.05) is 26.8 Å². The molecule has 3 atom stereocenters. The Kier molecular flexibility index (Phi) is 4.47. The molecular formula is C19H27NO4. The van der Waals surface area contributed by atoms with Crippen LogP contribution in [-0.2, 0) is 4.79 Å². The minimum absolute atomic E-state index is 0.00559. The predicted molar refractivity (Wildman–Crippen MR) is 91.4 cm³/mol. The lowest BCUT2D eigenvalue weighted by Gasteiger charge is -2.37. The second-order valence-electron chi connectivity index (χ2n) is 7.87. The number of rotatable bonds is 4. The summed E-state index contributed by atoms with van der Waals surface area (Å²) in [6.07, 6.45) is 0.852. The van der Waals surface area contributed by atoms with E-state index in [-0.39, 0.29) is 35.8 Å². The largest absolute Gasteiger partial charge is 0.486 e. The highest BCUT2D eigenvalue weighted by Gasteiger charge is 2.47. The van der Waals surface area contributed by atoms with Crippen molar-refractivity contribution >= 4 is 5.91 Å². The Hall–Kier alpha value is -1.75. The summed E-state index contributed by atoms with van der Waals surface area (Å²) in [6.45, 7) is 7.26. The molecule has 2 aliphatic rings. The van der Waals surface area contributed by atoms with Crippen LogP contribution in [0.1, 0.15) is 38.7 Å². The number of ether oxygens (including phenoxy) is 2. The van der Waals surface area contributed by atoms with Gasteiger partial charge in [0.25, 0.3) is 0 Å². The van der Waals surface area contributed by atoms with Crippen molar-refractivity contribution in [2.75, 3.05) is 26.9 Å². The molecule has 1 aliphatic carbocycles. The molecule has 0 spiro atoms. The molecule has 1 saturated carbocycles. The molecule has 1 amide bonds. The van der Waals surface area contributed by atoms with Crippen molar-refractivity contribution in [3.63, 3.8) is 0 Å². The van der Waals surface area contributed by atoms with Gasteiger partial charge in [-0.25, -0.2) is 0 Å². The zero-order valence-corrected chi connectivity index (χ0v) is 14.9. The summed E-state index contributed by atoms with van der Waals surface area (Å²) < 4.78 is 11.2. The van der Waals surface area contributed by atoms with Gasteiger partial charge in [0.2, 0.25) is 5.91 Å². The van der Waals surface area contributed by atoms with Crippen molar-refractivity contribution in [2.24, 2.45) is 11.3 Å². The van der Waals surface area contributed by atoms with Crippen molar-refractivity contribution in [1.29, 1.82) is 0 Å². The first-order valence-corrected chi connectivity index (χ1v) is 8.60. The smallest absolute Gasteiger partial charge is 0.226 e. The SMILES string of the molecule is CN(C(=O)[C@@H]1C[C@@H]1c1ccc2c(c1)OCCO2)[C@H](CO)C(C)(C)C. The molecule has 132 valence electrons. The molecule has 5 heteroatoms. The Labute approximate surface area is 143 Å². The van der Waals surface area contributed by atoms with Gasteiger partial charge in [0.15, 0.2) is 11.5 Å². The van der Waals surface area contributed by atoms with Crippen LogP contribution in [0.5, 0.6) is 11.5 Å². The van der Waals surface area contributed by atoms with E-state index >= 15 is 0 Å². The number of hydrogen-bond acceptors (Lipinski definition) is 4. The van der Waals surface area contributed by atoms with Gasteiger partial charge < -0.3 is 19.5 Å². The zero-order chi connectivity index (χ0) is 17.5. The second kappa shape index (κ2) is 6.28. The molecule has 0 aromatic heterocycles. The number of fused-ring (bicyclic) bond motifs is 1. The summed E-state index contributed by atoms with van der Waals surface area (Å²) in [5.41, 5.74) is 0.975. The zero-order valence-electron chi connectivity index (χ0n) is 14.9. The maximum atomic E-state index is 12.8. The van der Waals surface area contributed by atoms with E-state index in [1.54, 1.807) is 11.9 Å². The van der Waals surface area contributed by atoms with E-state index in [2.05, 4.69) is 0 Å². The van der Waals surface area contributed by atoms with Gasteiger partial charge in [0.1, 0.15) is 13.2 Å². The van der Waals surface area contributed by atoms with E-state index in [1.807, 2.05) is 39.0 Å². The normalized spacial score (nSPS) is 23.5. The molecule has 1 aliphatic heterocycles. The third-order valence-electron chi connectivity index (χ3n) is 5.09. The third kappa shape index (κ3) is 3.22. The summed E-state index contributed by atoms with van der Waals surface area (Å²) in [6, 6.07) is 5.78. The molecule has 3 rings (SSSR count). The Morgan fingerprint density at radius 2 is 1.96 bits per heavy atom. The van der Waals surface area contributed by atoms with Crippen molar-refractivity contribution < 1.29 is 19.4 Å². The van der Waals surface area contributed by atoms with Crippen molar-refractivity contribution in [1.82, 2.24) is 4.90 Å². The van der Waals surface area contributed by atoms with Crippen LogP contribution in [0.3, 0.4) is 0 Å². The molecule has 1 aromatic rings. The van der Waals surface area contributed by atoms with Crippen LogP contribution in [0.4, 0.5) is 0 Å². The molecule has 24 heavy (non-hydrogen) atoms. The highest BCUT2D eigenvalue weighted by atomic mass is 16.6. The first kappa shape index (κ1) is 17.1. The van der Waals surface area contributed by atoms with E-state index in [0.29, 0.717) is 13.2 Å². The molecule has 1 fully saturated rings. The maximum Gasteiger partial charge on any atom is 0.226 e. The Morgan fingerprint density at radius 1 is 1.29 bits per heavy atom. The van der Waals surface area contributed by atoms with Crippen molar-refractivity contribution in [2.45, 2.75) is 39.2 Å². The summed E-state index contributed by atoms with van der Waals surface area (Å²) in [5.74, 6) is 1.89. The lowest BCUT2D eigenvalue weighted by molar-refractivity contribution is -0.136. The quantitative estimate of drug-likeness (QED) is 0.919. The van der Waals surface area contributed by atoms with E-state index in [9.17, 15) is 9.90 Å². The highest BCUT2D eigenvalue weighted by Crippen LogP contribution is 2.50. The number of benzene rings is 1. The monoisotopic (exact) mass is 333 g/mol. The number of carbonyl (C=O) groups excluding carboxylic acids is 1. The number of aliphatic hydroxyl groups is 1. The van der Waals surface area contributed by atoms with Crippen LogP contribution in [0.2, 0.25) is 0 Å². The summed E-state index contributed by atoms with van der Waals surface area (Å²) in [7, 11) is 1.80. The topological polar surface area (TPSA) is 59.0 Å². The standard InChI is InChI=1S/C19H27NO4/c1-19(2,3)17(11-21)20(4)18(22)14-10-13(14)12-5-6-15-16(9-12)24-8-7-23-15/h5-6,9,13-14,17,21H,7-8,10-11H2,1-4H3/t13-,14-,17-/m1/s1. The fourth-order valence-electron chi connectivity index (χ4n) is 3.52. The molecule has 0 unspecified atom stereocenters. The van der Waals surface area contributed by atoms with Crippen LogP contribution < -0.4 is 9.47 Å². The fraction of sp³-hybridized carbons (Fsp3) is 0.632. The minimum atomic E-state index is -0.175. The number of aliphatic hydroxyl groups excluding tert-OH is 1. The number of amides is 1. The van der Waals surface area contributed by atoms with Gasteiger partial charge in [0, 0.05) is 13.0 Å². The number of carbonyl (C=O) groups is 1. The Morgan fingerprint density at radius 3 is 2.58 bits per heavy atom. The maximum absolute atomic E-state index is 12.8. The van der Waals surface area contributed by atoms with E-state index in [0.717, 1.165) is 23.5 Å². The average molecular weight is 333 g/mol. The predicted octanol–water partition coefficient (Wildman–Crippen LogP) is 2.43. The highest BCUT2D eigenvalue weighted by molar-refractivity contribution is 5.83. The van der Waals surface area contributed by atoms with E-state index in [1.165, 1.54) is 0 Å². The van der Waals surface area contributed by atoms with E-state index < -0.39 is 0 Å². The summed E-state index contributed by atoms with van der Waals surface area (Å²) in [4.78, 5) is 14.5. The first-order valence-electron chi connectivity index (χ1n) is 8.60. The van der Waals surface area contributed by atoms with Gasteiger partial charge in [-0.15, -0.1) is 0 Å². The van der Waals surface area contributed by atoms with Crippen LogP contribution in [0.25, 0.3) is 0 Å². The van der Waals surface area contributed by atoms with Gasteiger partial charge in [-0.05, 0) is 35.4 Å². The van der Waals surface area contributed by atoms with Crippen molar-refractivity contribution in [3.8, 4) is 11.5 Å². The molecule has 1 heterocycles. The van der Waals surface area contributed by atoms with Gasteiger partial charge >= 0.3 is 0 Å². The lowest BCUT2D eigenvalue weighted by atomic mass is 9.86. The number of likely N-dealkylation sites (N-methyl/N-ethyl adjacent to an activating group) is 1. The molecule has 1 aromatic carbocycles. The number of hydrogen-bond donors (Lipinski definition) is 1. The third-order valence-corrected chi connectivity index (χ3v) is 5.09. The summed E-state index contributed by atoms with van der Waals surface area (Å²) >= 11 is 0. The van der Waals surface area contributed by atoms with Crippen LogP contribution in [0.15, 0.2) is 18.2 Å². The fourth-order valence-corrected chi connectivity index (χ4v) is 3.52. The average Bonchev–Trinajstić information content (AvgIpc) is 3.33. The minimum Gasteiger partial charge on any atom is -0.486 e. The first-order chi connectivity index (χ1) is 11.3. The molecule has 0 saturated heterocycles. The Balaban J connectivity index is 1.69. The van der Waals surface area contributed by atoms with Crippen LogP contribution >= 0.6 is 0 Å². The van der Waals surface area contributed by atoms with Crippen LogP contribution in [-0.4, -0.2) is 48.8 Å². The molecule has 5 nitrogen and oxygen atoms in total.